The molecule has 0 radical (unpaired) electrons. The fourth-order valence-electron chi connectivity index (χ4n) is 1.99. The van der Waals surface area contributed by atoms with Crippen LogP contribution in [0.2, 0.25) is 0 Å². The second-order valence-electron chi connectivity index (χ2n) is 4.59. The van der Waals surface area contributed by atoms with Crippen LogP contribution in [0.25, 0.3) is 0 Å². The zero-order valence-corrected chi connectivity index (χ0v) is 9.46. The largest absolute Gasteiger partial charge is 0.390 e. The first-order valence-electron chi connectivity index (χ1n) is 5.58. The van der Waals surface area contributed by atoms with Gasteiger partial charge in [-0.15, -0.1) is 0 Å². The lowest BCUT2D eigenvalue weighted by Gasteiger charge is -2.22. The van der Waals surface area contributed by atoms with Crippen molar-refractivity contribution in [1.29, 1.82) is 0 Å². The molecule has 1 saturated heterocycles. The number of likely N-dealkylation sites (tertiary alicyclic amines) is 1. The highest BCUT2D eigenvalue weighted by atomic mass is 16.3. The molecular weight excluding hydrogens is 206 g/mol. The molecule has 0 aliphatic carbocycles. The van der Waals surface area contributed by atoms with Gasteiger partial charge in [0.2, 0.25) is 0 Å². The molecule has 1 atom stereocenters. The van der Waals surface area contributed by atoms with E-state index in [2.05, 4.69) is 4.98 Å². The number of imidazole rings is 1. The van der Waals surface area contributed by atoms with E-state index in [1.807, 2.05) is 6.92 Å². The SMILES string of the molecule is CC1(O)CCCN(C(=O)n2ccnc2)CC1. The Bertz CT molecular complexity index is 359. The molecule has 0 spiro atoms. The molecule has 2 heterocycles. The number of carbonyl (C=O) groups is 1. The Morgan fingerprint density at radius 2 is 2.25 bits per heavy atom. The smallest absolute Gasteiger partial charge is 0.329 e. The van der Waals surface area contributed by atoms with Gasteiger partial charge in [0.05, 0.1) is 5.60 Å². The van der Waals surface area contributed by atoms with Gasteiger partial charge in [0.15, 0.2) is 0 Å². The van der Waals surface area contributed by atoms with Crippen molar-refractivity contribution in [2.45, 2.75) is 31.8 Å². The molecule has 88 valence electrons. The van der Waals surface area contributed by atoms with E-state index in [0.29, 0.717) is 19.5 Å². The quantitative estimate of drug-likeness (QED) is 0.716. The van der Waals surface area contributed by atoms with Crippen LogP contribution in [0.4, 0.5) is 4.79 Å². The van der Waals surface area contributed by atoms with Crippen LogP contribution >= 0.6 is 0 Å². The average Bonchev–Trinajstić information content (AvgIpc) is 2.69. The molecule has 1 fully saturated rings. The van der Waals surface area contributed by atoms with Crippen molar-refractivity contribution in [2.75, 3.05) is 13.1 Å². The van der Waals surface area contributed by atoms with E-state index in [-0.39, 0.29) is 6.03 Å². The number of aromatic nitrogens is 2. The molecule has 1 unspecified atom stereocenters. The predicted molar refractivity (Wildman–Crippen MR) is 59.1 cm³/mol. The summed E-state index contributed by atoms with van der Waals surface area (Å²) >= 11 is 0. The third kappa shape index (κ3) is 2.41. The van der Waals surface area contributed by atoms with Crippen LogP contribution in [0.3, 0.4) is 0 Å². The standard InChI is InChI=1S/C11H17N3O2/c1-11(16)3-2-6-13(7-4-11)10(15)14-8-5-12-9-14/h5,8-9,16H,2-4,6-7H2,1H3. The molecule has 5 heteroatoms. The number of nitrogens with zero attached hydrogens (tertiary/aromatic N) is 3. The first-order valence-corrected chi connectivity index (χ1v) is 5.58. The monoisotopic (exact) mass is 223 g/mol. The fraction of sp³-hybridized carbons (Fsp3) is 0.636. The normalized spacial score (nSPS) is 26.5. The molecule has 0 saturated carbocycles. The number of amides is 1. The van der Waals surface area contributed by atoms with Crippen LogP contribution < -0.4 is 0 Å². The summed E-state index contributed by atoms with van der Waals surface area (Å²) in [6.45, 7) is 3.13. The van der Waals surface area contributed by atoms with Gasteiger partial charge in [-0.2, -0.15) is 0 Å². The second-order valence-corrected chi connectivity index (χ2v) is 4.59. The van der Waals surface area contributed by atoms with Gasteiger partial charge in [-0.1, -0.05) is 0 Å². The van der Waals surface area contributed by atoms with Crippen molar-refractivity contribution in [3.8, 4) is 0 Å². The van der Waals surface area contributed by atoms with E-state index in [1.54, 1.807) is 17.3 Å². The van der Waals surface area contributed by atoms with E-state index < -0.39 is 5.60 Å². The third-order valence-corrected chi connectivity index (χ3v) is 3.06. The summed E-state index contributed by atoms with van der Waals surface area (Å²) < 4.78 is 1.47. The average molecular weight is 223 g/mol. The Hall–Kier alpha value is -1.36. The lowest BCUT2D eigenvalue weighted by Crippen LogP contribution is -2.36. The summed E-state index contributed by atoms with van der Waals surface area (Å²) in [5.41, 5.74) is -0.635. The molecule has 5 nitrogen and oxygen atoms in total. The van der Waals surface area contributed by atoms with E-state index >= 15 is 0 Å². The van der Waals surface area contributed by atoms with Crippen LogP contribution in [-0.2, 0) is 0 Å². The highest BCUT2D eigenvalue weighted by Crippen LogP contribution is 2.21. The fourth-order valence-corrected chi connectivity index (χ4v) is 1.99. The summed E-state index contributed by atoms with van der Waals surface area (Å²) in [7, 11) is 0. The van der Waals surface area contributed by atoms with Gasteiger partial charge >= 0.3 is 6.03 Å². The lowest BCUT2D eigenvalue weighted by atomic mass is 9.98. The zero-order valence-electron chi connectivity index (χ0n) is 9.46. The van der Waals surface area contributed by atoms with Crippen LogP contribution in [-0.4, -0.2) is 44.3 Å². The van der Waals surface area contributed by atoms with Gasteiger partial charge in [-0.25, -0.2) is 9.78 Å². The molecule has 2 rings (SSSR count). The summed E-state index contributed by atoms with van der Waals surface area (Å²) in [6.07, 6.45) is 6.96. The highest BCUT2D eigenvalue weighted by Gasteiger charge is 2.27. The molecule has 16 heavy (non-hydrogen) atoms. The maximum absolute atomic E-state index is 12.0. The Morgan fingerprint density at radius 3 is 2.94 bits per heavy atom. The van der Waals surface area contributed by atoms with Gasteiger partial charge in [0, 0.05) is 25.5 Å². The molecule has 1 N–H and O–H groups in total. The van der Waals surface area contributed by atoms with E-state index in [9.17, 15) is 9.90 Å². The lowest BCUT2D eigenvalue weighted by molar-refractivity contribution is 0.0457. The molecular formula is C11H17N3O2. The van der Waals surface area contributed by atoms with Crippen molar-refractivity contribution < 1.29 is 9.90 Å². The number of hydrogen-bond acceptors (Lipinski definition) is 3. The van der Waals surface area contributed by atoms with E-state index in [0.717, 1.165) is 12.8 Å². The first kappa shape index (κ1) is 11.1. The summed E-state index contributed by atoms with van der Waals surface area (Å²) in [5, 5.41) is 9.93. The van der Waals surface area contributed by atoms with Crippen LogP contribution in [0, 0.1) is 0 Å². The van der Waals surface area contributed by atoms with Crippen molar-refractivity contribution in [3.63, 3.8) is 0 Å². The van der Waals surface area contributed by atoms with Crippen molar-refractivity contribution in [1.82, 2.24) is 14.5 Å². The minimum atomic E-state index is -0.635. The van der Waals surface area contributed by atoms with E-state index in [4.69, 9.17) is 0 Å². The summed E-state index contributed by atoms with van der Waals surface area (Å²) in [5.74, 6) is 0. The topological polar surface area (TPSA) is 58.4 Å². The Morgan fingerprint density at radius 1 is 1.44 bits per heavy atom. The van der Waals surface area contributed by atoms with Crippen molar-refractivity contribution in [2.24, 2.45) is 0 Å². The van der Waals surface area contributed by atoms with Gasteiger partial charge in [-0.05, 0) is 26.2 Å². The third-order valence-electron chi connectivity index (χ3n) is 3.06. The maximum atomic E-state index is 12.0. The Kier molecular flexibility index (Phi) is 2.96. The maximum Gasteiger partial charge on any atom is 0.329 e. The molecule has 0 bridgehead atoms. The van der Waals surface area contributed by atoms with E-state index in [1.165, 1.54) is 10.9 Å². The van der Waals surface area contributed by atoms with Gasteiger partial charge in [0.25, 0.3) is 0 Å². The molecule has 1 aliphatic rings. The molecule has 1 aliphatic heterocycles. The van der Waals surface area contributed by atoms with Crippen LogP contribution in [0.15, 0.2) is 18.7 Å². The van der Waals surface area contributed by atoms with Crippen molar-refractivity contribution >= 4 is 6.03 Å². The first-order chi connectivity index (χ1) is 7.58. The number of aliphatic hydroxyl groups is 1. The zero-order chi connectivity index (χ0) is 11.6. The van der Waals surface area contributed by atoms with Gasteiger partial charge in [-0.3, -0.25) is 4.57 Å². The van der Waals surface area contributed by atoms with Crippen LogP contribution in [0.1, 0.15) is 26.2 Å². The number of rotatable bonds is 0. The second kappa shape index (κ2) is 4.25. The summed E-state index contributed by atoms with van der Waals surface area (Å²) in [4.78, 5) is 17.6. The highest BCUT2D eigenvalue weighted by molar-refractivity contribution is 5.76. The predicted octanol–water partition coefficient (Wildman–Crippen LogP) is 1.09. The Labute approximate surface area is 94.7 Å². The van der Waals surface area contributed by atoms with Gasteiger partial charge < -0.3 is 10.0 Å². The molecule has 1 amide bonds. The molecule has 0 aromatic carbocycles. The van der Waals surface area contributed by atoms with Crippen molar-refractivity contribution in [3.05, 3.63) is 18.7 Å². The molecule has 1 aromatic rings. The number of hydrogen-bond donors (Lipinski definition) is 1. The van der Waals surface area contributed by atoms with Crippen LogP contribution in [0.5, 0.6) is 0 Å². The Balaban J connectivity index is 2.03. The molecule has 1 aromatic heterocycles. The number of carbonyl (C=O) groups excluding carboxylic acids is 1. The minimum Gasteiger partial charge on any atom is -0.390 e. The summed E-state index contributed by atoms with van der Waals surface area (Å²) in [6, 6.07) is -0.0600. The van der Waals surface area contributed by atoms with Gasteiger partial charge in [0.1, 0.15) is 6.33 Å². The minimum absolute atomic E-state index is 0.0600.